The number of carbonyl (C=O) groups is 1. The molecule has 3 nitrogen and oxygen atoms in total. The third kappa shape index (κ3) is 7.33. The van der Waals surface area contributed by atoms with Gasteiger partial charge in [0.1, 0.15) is 5.15 Å². The highest BCUT2D eigenvalue weighted by Gasteiger charge is 2.18. The van der Waals surface area contributed by atoms with Gasteiger partial charge >= 0.3 is 5.97 Å². The summed E-state index contributed by atoms with van der Waals surface area (Å²) in [5.41, 5.74) is -0.583. The van der Waals surface area contributed by atoms with Gasteiger partial charge in [-0.1, -0.05) is 11.6 Å². The summed E-state index contributed by atoms with van der Waals surface area (Å²) >= 11 is 8.70. The highest BCUT2D eigenvalue weighted by atomic mass is 79.9. The molecule has 0 unspecified atom stereocenters. The van der Waals surface area contributed by atoms with Gasteiger partial charge in [0.25, 0.3) is 0 Å². The van der Waals surface area contributed by atoms with Crippen LogP contribution in [-0.4, -0.2) is 16.1 Å². The summed E-state index contributed by atoms with van der Waals surface area (Å²) in [6.45, 7) is 4.99. The molecular formula is C10H13BrClNO2. The molecule has 1 N–H and O–H groups in total. The van der Waals surface area contributed by atoms with Crippen molar-refractivity contribution in [2.45, 2.75) is 20.8 Å². The number of hydrogen-bond donors (Lipinski definition) is 1. The van der Waals surface area contributed by atoms with Crippen LogP contribution in [0.2, 0.25) is 5.15 Å². The zero-order valence-corrected chi connectivity index (χ0v) is 11.1. The Balaban J connectivity index is 0.000000265. The molecule has 1 heterocycles. The van der Waals surface area contributed by atoms with E-state index in [2.05, 4.69) is 20.9 Å². The Bertz CT molecular complexity index is 298. The van der Waals surface area contributed by atoms with Crippen LogP contribution in [0.25, 0.3) is 0 Å². The molecule has 84 valence electrons. The molecule has 0 saturated carbocycles. The van der Waals surface area contributed by atoms with Crippen LogP contribution in [0, 0.1) is 5.41 Å². The van der Waals surface area contributed by atoms with Crippen molar-refractivity contribution in [3.8, 4) is 0 Å². The number of nitrogens with zero attached hydrogens (tertiary/aromatic N) is 1. The normalized spacial score (nSPS) is 10.2. The highest BCUT2D eigenvalue weighted by Crippen LogP contribution is 2.11. The molecule has 0 aliphatic heterocycles. The number of rotatable bonds is 0. The van der Waals surface area contributed by atoms with Crippen molar-refractivity contribution in [2.75, 3.05) is 0 Å². The topological polar surface area (TPSA) is 50.2 Å². The van der Waals surface area contributed by atoms with Crippen molar-refractivity contribution < 1.29 is 9.90 Å². The van der Waals surface area contributed by atoms with E-state index in [0.29, 0.717) is 5.15 Å². The molecule has 0 aliphatic rings. The van der Waals surface area contributed by atoms with Crippen LogP contribution in [0.5, 0.6) is 0 Å². The Morgan fingerprint density at radius 2 is 1.93 bits per heavy atom. The summed E-state index contributed by atoms with van der Waals surface area (Å²) in [4.78, 5) is 13.8. The predicted octanol–water partition coefficient (Wildman–Crippen LogP) is 3.61. The van der Waals surface area contributed by atoms with Gasteiger partial charge in [0, 0.05) is 10.7 Å². The second-order valence-electron chi connectivity index (χ2n) is 3.85. The fourth-order valence-electron chi connectivity index (χ4n) is 0.358. The van der Waals surface area contributed by atoms with Crippen LogP contribution < -0.4 is 0 Å². The zero-order chi connectivity index (χ0) is 12.1. The lowest BCUT2D eigenvalue weighted by Crippen LogP contribution is -2.18. The maximum Gasteiger partial charge on any atom is 0.308 e. The molecule has 0 bridgehead atoms. The second-order valence-corrected chi connectivity index (χ2v) is 5.16. The quantitative estimate of drug-likeness (QED) is 0.744. The van der Waals surface area contributed by atoms with E-state index < -0.39 is 11.4 Å². The van der Waals surface area contributed by atoms with Crippen LogP contribution in [0.4, 0.5) is 0 Å². The molecule has 5 heteroatoms. The Labute approximate surface area is 103 Å². The Kier molecular flexibility index (Phi) is 5.83. The molecule has 1 aromatic rings. The van der Waals surface area contributed by atoms with Gasteiger partial charge in [-0.25, -0.2) is 4.98 Å². The number of carboxylic acid groups (broad SMARTS) is 1. The smallest absolute Gasteiger partial charge is 0.308 e. The van der Waals surface area contributed by atoms with E-state index in [0.717, 1.165) is 4.47 Å². The highest BCUT2D eigenvalue weighted by molar-refractivity contribution is 9.10. The van der Waals surface area contributed by atoms with Crippen LogP contribution in [0.3, 0.4) is 0 Å². The Morgan fingerprint density at radius 1 is 1.47 bits per heavy atom. The van der Waals surface area contributed by atoms with Crippen molar-refractivity contribution in [3.63, 3.8) is 0 Å². The molecule has 0 radical (unpaired) electrons. The molecular weight excluding hydrogens is 281 g/mol. The maximum absolute atomic E-state index is 10.0. The first-order valence-electron chi connectivity index (χ1n) is 4.24. The fraction of sp³-hybridized carbons (Fsp3) is 0.400. The van der Waals surface area contributed by atoms with Crippen LogP contribution in [0.1, 0.15) is 20.8 Å². The molecule has 1 rings (SSSR count). The van der Waals surface area contributed by atoms with Crippen molar-refractivity contribution in [1.29, 1.82) is 0 Å². The van der Waals surface area contributed by atoms with Gasteiger partial charge in [0.2, 0.25) is 0 Å². The first-order chi connectivity index (χ1) is 6.73. The van der Waals surface area contributed by atoms with Gasteiger partial charge in [-0.15, -0.1) is 0 Å². The summed E-state index contributed by atoms with van der Waals surface area (Å²) in [5, 5.41) is 8.77. The lowest BCUT2D eigenvalue weighted by molar-refractivity contribution is -0.145. The number of pyridine rings is 1. The zero-order valence-electron chi connectivity index (χ0n) is 8.79. The maximum atomic E-state index is 10.0. The molecule has 0 aliphatic carbocycles. The van der Waals surface area contributed by atoms with Crippen LogP contribution in [-0.2, 0) is 4.79 Å². The van der Waals surface area contributed by atoms with Crippen LogP contribution >= 0.6 is 27.5 Å². The van der Waals surface area contributed by atoms with Gasteiger partial charge in [0.15, 0.2) is 0 Å². The molecule has 0 aromatic carbocycles. The third-order valence-corrected chi connectivity index (χ3v) is 2.03. The number of aromatic nitrogens is 1. The van der Waals surface area contributed by atoms with E-state index in [4.69, 9.17) is 16.7 Å². The number of aliphatic carboxylic acids is 1. The minimum Gasteiger partial charge on any atom is -0.481 e. The Hall–Kier alpha value is -0.610. The SMILES string of the molecule is CC(C)(C)C(=O)O.Clc1ccc(Br)cn1. The lowest BCUT2D eigenvalue weighted by Gasteiger charge is -2.08. The predicted molar refractivity (Wildman–Crippen MR) is 64.0 cm³/mol. The van der Waals surface area contributed by atoms with Gasteiger partial charge in [-0.05, 0) is 48.8 Å². The van der Waals surface area contributed by atoms with E-state index >= 15 is 0 Å². The molecule has 15 heavy (non-hydrogen) atoms. The fourth-order valence-corrected chi connectivity index (χ4v) is 0.704. The molecule has 0 fully saturated rings. The van der Waals surface area contributed by atoms with Gasteiger partial charge in [-0.3, -0.25) is 4.79 Å². The number of halogens is 2. The second kappa shape index (κ2) is 6.08. The summed E-state index contributed by atoms with van der Waals surface area (Å²) in [5.74, 6) is -0.757. The van der Waals surface area contributed by atoms with Crippen molar-refractivity contribution >= 4 is 33.5 Å². The summed E-state index contributed by atoms with van der Waals surface area (Å²) < 4.78 is 0.946. The summed E-state index contributed by atoms with van der Waals surface area (Å²) in [7, 11) is 0. The Morgan fingerprint density at radius 3 is 2.13 bits per heavy atom. The number of hydrogen-bond acceptors (Lipinski definition) is 2. The summed E-state index contributed by atoms with van der Waals surface area (Å²) in [6.07, 6.45) is 1.66. The monoisotopic (exact) mass is 293 g/mol. The molecule has 0 spiro atoms. The summed E-state index contributed by atoms with van der Waals surface area (Å²) in [6, 6.07) is 3.57. The van der Waals surface area contributed by atoms with Gasteiger partial charge < -0.3 is 5.11 Å². The first kappa shape index (κ1) is 14.4. The third-order valence-electron chi connectivity index (χ3n) is 1.33. The average molecular weight is 295 g/mol. The largest absolute Gasteiger partial charge is 0.481 e. The minimum atomic E-state index is -0.757. The lowest BCUT2D eigenvalue weighted by atomic mass is 9.98. The van der Waals surface area contributed by atoms with Gasteiger partial charge in [-0.2, -0.15) is 0 Å². The molecule has 0 amide bonds. The molecule has 0 saturated heterocycles. The standard InChI is InChI=1S/C5H3BrClN.C5H10O2/c6-4-1-2-5(7)8-3-4;1-5(2,3)4(6)7/h1-3H;1-3H3,(H,6,7). The van der Waals surface area contributed by atoms with E-state index in [1.54, 1.807) is 33.0 Å². The van der Waals surface area contributed by atoms with E-state index in [-0.39, 0.29) is 0 Å². The first-order valence-corrected chi connectivity index (χ1v) is 5.41. The van der Waals surface area contributed by atoms with Crippen molar-refractivity contribution in [2.24, 2.45) is 5.41 Å². The van der Waals surface area contributed by atoms with Crippen LogP contribution in [0.15, 0.2) is 22.8 Å². The van der Waals surface area contributed by atoms with E-state index in [9.17, 15) is 4.79 Å². The molecule has 0 atom stereocenters. The van der Waals surface area contributed by atoms with Crippen molar-refractivity contribution in [3.05, 3.63) is 28.0 Å². The molecule has 1 aromatic heterocycles. The van der Waals surface area contributed by atoms with Gasteiger partial charge in [0.05, 0.1) is 5.41 Å². The van der Waals surface area contributed by atoms with E-state index in [1.165, 1.54) is 0 Å². The number of carboxylic acids is 1. The average Bonchev–Trinajstić information content (AvgIpc) is 2.09. The minimum absolute atomic E-state index is 0.521. The van der Waals surface area contributed by atoms with E-state index in [1.807, 2.05) is 6.07 Å². The van der Waals surface area contributed by atoms with Crippen molar-refractivity contribution in [1.82, 2.24) is 4.98 Å².